The fraction of sp³-hybridized carbons (Fsp3) is 0.714. The molecule has 0 heterocycles. The predicted octanol–water partition coefficient (Wildman–Crippen LogP) is 2.73. The van der Waals surface area contributed by atoms with E-state index in [9.17, 15) is 0 Å². The molecule has 0 aromatic heterocycles. The van der Waals surface area contributed by atoms with E-state index in [0.29, 0.717) is 16.5 Å². The second-order valence-electron chi connectivity index (χ2n) is 2.35. The molecule has 1 saturated carbocycles. The lowest BCUT2D eigenvalue weighted by molar-refractivity contribution is 0.126. The van der Waals surface area contributed by atoms with Gasteiger partial charge in [0.2, 0.25) is 0 Å². The van der Waals surface area contributed by atoms with Gasteiger partial charge in [-0.15, -0.1) is 0 Å². The molecule has 0 amide bonds. The van der Waals surface area contributed by atoms with Crippen molar-refractivity contribution in [3.05, 3.63) is 10.6 Å². The Bertz CT molecular complexity index is 141. The first kappa shape index (κ1) is 8.38. The van der Waals surface area contributed by atoms with Crippen LogP contribution < -0.4 is 0 Å². The van der Waals surface area contributed by atoms with Gasteiger partial charge in [-0.1, -0.05) is 23.2 Å². The first-order valence-electron chi connectivity index (χ1n) is 3.38. The van der Waals surface area contributed by atoms with Crippen LogP contribution >= 0.6 is 23.2 Å². The number of halogens is 2. The summed E-state index contributed by atoms with van der Waals surface area (Å²) in [4.78, 5) is 0. The van der Waals surface area contributed by atoms with Gasteiger partial charge in [0.15, 0.2) is 0 Å². The van der Waals surface area contributed by atoms with E-state index in [2.05, 4.69) is 0 Å². The molecule has 1 aliphatic rings. The summed E-state index contributed by atoms with van der Waals surface area (Å²) < 4.78 is 5.66. The summed E-state index contributed by atoms with van der Waals surface area (Å²) >= 11 is 10.9. The van der Waals surface area contributed by atoms with Gasteiger partial charge in [-0.25, -0.2) is 0 Å². The molecule has 0 aliphatic heterocycles. The van der Waals surface area contributed by atoms with Crippen LogP contribution in [0.5, 0.6) is 0 Å². The molecular weight excluding hydrogens is 171 g/mol. The minimum atomic E-state index is 0.354. The third kappa shape index (κ3) is 2.49. The zero-order valence-electron chi connectivity index (χ0n) is 5.81. The standard InChI is InChI=1S/C7H10Cl2O/c1-2-10-6-3-5(6)4-7(8)9/h4-6H,2-3H2,1H3/t5-,6-/m0/s1. The molecule has 0 N–H and O–H groups in total. The van der Waals surface area contributed by atoms with Crippen LogP contribution in [-0.2, 0) is 4.74 Å². The first-order chi connectivity index (χ1) is 4.74. The van der Waals surface area contributed by atoms with E-state index in [1.165, 1.54) is 0 Å². The van der Waals surface area contributed by atoms with Crippen molar-refractivity contribution in [3.63, 3.8) is 0 Å². The van der Waals surface area contributed by atoms with Crippen molar-refractivity contribution in [1.29, 1.82) is 0 Å². The summed E-state index contributed by atoms with van der Waals surface area (Å²) in [5.74, 6) is 0.463. The van der Waals surface area contributed by atoms with E-state index in [0.717, 1.165) is 13.0 Å². The largest absolute Gasteiger partial charge is 0.378 e. The number of hydrogen-bond donors (Lipinski definition) is 0. The first-order valence-corrected chi connectivity index (χ1v) is 4.14. The smallest absolute Gasteiger partial charge is 0.103 e. The minimum Gasteiger partial charge on any atom is -0.378 e. The Kier molecular flexibility index (Phi) is 3.02. The van der Waals surface area contributed by atoms with Crippen LogP contribution in [0, 0.1) is 5.92 Å². The zero-order chi connectivity index (χ0) is 7.56. The van der Waals surface area contributed by atoms with Gasteiger partial charge < -0.3 is 4.74 Å². The van der Waals surface area contributed by atoms with Crippen molar-refractivity contribution in [1.82, 2.24) is 0 Å². The Hall–Kier alpha value is 0.280. The molecule has 0 spiro atoms. The van der Waals surface area contributed by atoms with E-state index < -0.39 is 0 Å². The highest BCUT2D eigenvalue weighted by Crippen LogP contribution is 2.36. The van der Waals surface area contributed by atoms with E-state index in [1.807, 2.05) is 13.0 Å². The molecule has 1 nitrogen and oxygen atoms in total. The highest BCUT2D eigenvalue weighted by Gasteiger charge is 2.35. The van der Waals surface area contributed by atoms with Crippen LogP contribution in [-0.4, -0.2) is 12.7 Å². The average molecular weight is 181 g/mol. The predicted molar refractivity (Wildman–Crippen MR) is 43.3 cm³/mol. The molecule has 0 aromatic rings. The van der Waals surface area contributed by atoms with Crippen molar-refractivity contribution < 1.29 is 4.74 Å². The van der Waals surface area contributed by atoms with Crippen LogP contribution in [0.25, 0.3) is 0 Å². The quantitative estimate of drug-likeness (QED) is 0.650. The molecule has 58 valence electrons. The van der Waals surface area contributed by atoms with E-state index >= 15 is 0 Å². The molecule has 0 aromatic carbocycles. The molecule has 0 radical (unpaired) electrons. The maximum atomic E-state index is 5.45. The molecule has 1 aliphatic carbocycles. The molecule has 1 fully saturated rings. The normalized spacial score (nSPS) is 29.9. The Morgan fingerprint density at radius 2 is 2.40 bits per heavy atom. The fourth-order valence-electron chi connectivity index (χ4n) is 0.933. The Balaban J connectivity index is 2.19. The fourth-order valence-corrected chi connectivity index (χ4v) is 1.26. The third-order valence-electron chi connectivity index (χ3n) is 1.50. The maximum absolute atomic E-state index is 5.45. The van der Waals surface area contributed by atoms with Gasteiger partial charge in [-0.3, -0.25) is 0 Å². The lowest BCUT2D eigenvalue weighted by atomic mass is 10.4. The number of rotatable bonds is 3. The second kappa shape index (κ2) is 3.61. The van der Waals surface area contributed by atoms with Crippen molar-refractivity contribution in [3.8, 4) is 0 Å². The van der Waals surface area contributed by atoms with E-state index in [-0.39, 0.29) is 0 Å². The summed E-state index contributed by atoms with van der Waals surface area (Å²) in [6.45, 7) is 2.76. The summed E-state index contributed by atoms with van der Waals surface area (Å²) in [6, 6.07) is 0. The molecular formula is C7H10Cl2O. The van der Waals surface area contributed by atoms with Gasteiger partial charge in [0.1, 0.15) is 4.49 Å². The monoisotopic (exact) mass is 180 g/mol. The molecule has 2 atom stereocenters. The number of hydrogen-bond acceptors (Lipinski definition) is 1. The number of ether oxygens (including phenoxy) is 1. The van der Waals surface area contributed by atoms with Gasteiger partial charge in [-0.05, 0) is 19.4 Å². The molecule has 3 heteroatoms. The lowest BCUT2D eigenvalue weighted by Crippen LogP contribution is -1.93. The molecule has 1 rings (SSSR count). The Morgan fingerprint density at radius 1 is 1.70 bits per heavy atom. The SMILES string of the molecule is CCO[C@H]1C[C@H]1C=C(Cl)Cl. The van der Waals surface area contributed by atoms with Gasteiger partial charge in [0.05, 0.1) is 6.10 Å². The summed E-state index contributed by atoms with van der Waals surface area (Å²) in [6.07, 6.45) is 3.28. The zero-order valence-corrected chi connectivity index (χ0v) is 7.32. The van der Waals surface area contributed by atoms with Gasteiger partial charge in [0, 0.05) is 12.5 Å². The molecule has 0 bridgehead atoms. The van der Waals surface area contributed by atoms with Crippen molar-refractivity contribution in [2.45, 2.75) is 19.4 Å². The Morgan fingerprint density at radius 3 is 2.90 bits per heavy atom. The van der Waals surface area contributed by atoms with Crippen LogP contribution in [0.3, 0.4) is 0 Å². The molecule has 10 heavy (non-hydrogen) atoms. The lowest BCUT2D eigenvalue weighted by Gasteiger charge is -1.94. The maximum Gasteiger partial charge on any atom is 0.103 e. The van der Waals surface area contributed by atoms with Crippen LogP contribution in [0.2, 0.25) is 0 Å². The summed E-state index contributed by atoms with van der Waals surface area (Å²) in [5.41, 5.74) is 0. The topological polar surface area (TPSA) is 9.23 Å². The highest BCUT2D eigenvalue weighted by atomic mass is 35.5. The van der Waals surface area contributed by atoms with Crippen LogP contribution in [0.4, 0.5) is 0 Å². The summed E-state index contributed by atoms with van der Waals surface area (Å²) in [5, 5.41) is 0. The van der Waals surface area contributed by atoms with Crippen LogP contribution in [0.15, 0.2) is 10.6 Å². The van der Waals surface area contributed by atoms with E-state index in [1.54, 1.807) is 0 Å². The van der Waals surface area contributed by atoms with Crippen molar-refractivity contribution in [2.75, 3.05) is 6.61 Å². The van der Waals surface area contributed by atoms with Crippen molar-refractivity contribution in [2.24, 2.45) is 5.92 Å². The van der Waals surface area contributed by atoms with E-state index in [4.69, 9.17) is 27.9 Å². The minimum absolute atomic E-state index is 0.354. The van der Waals surface area contributed by atoms with Gasteiger partial charge >= 0.3 is 0 Å². The van der Waals surface area contributed by atoms with Gasteiger partial charge in [0.25, 0.3) is 0 Å². The molecule has 0 saturated heterocycles. The van der Waals surface area contributed by atoms with Crippen LogP contribution in [0.1, 0.15) is 13.3 Å². The second-order valence-corrected chi connectivity index (χ2v) is 3.36. The Labute approximate surface area is 71.0 Å². The third-order valence-corrected chi connectivity index (χ3v) is 1.75. The van der Waals surface area contributed by atoms with Crippen molar-refractivity contribution >= 4 is 23.2 Å². The average Bonchev–Trinajstić information content (AvgIpc) is 2.47. The molecule has 0 unspecified atom stereocenters. The van der Waals surface area contributed by atoms with Gasteiger partial charge in [-0.2, -0.15) is 0 Å². The highest BCUT2D eigenvalue weighted by molar-refractivity contribution is 6.55. The summed E-state index contributed by atoms with van der Waals surface area (Å²) in [7, 11) is 0.